The molecule has 3 heterocycles. The number of carbonyl (C=O) groups excluding carboxylic acids is 3. The number of carbonyl (C=O) groups is 3. The Kier molecular flexibility index (Phi) is 8.38. The predicted molar refractivity (Wildman–Crippen MR) is 146 cm³/mol. The number of benzene rings is 2. The van der Waals surface area contributed by atoms with Gasteiger partial charge in [0.15, 0.2) is 5.69 Å². The van der Waals surface area contributed by atoms with Gasteiger partial charge in [0.1, 0.15) is 13.1 Å². The van der Waals surface area contributed by atoms with Gasteiger partial charge >= 0.3 is 24.2 Å². The van der Waals surface area contributed by atoms with Gasteiger partial charge in [-0.25, -0.2) is 9.59 Å². The van der Waals surface area contributed by atoms with Gasteiger partial charge in [0, 0.05) is 54.3 Å². The lowest BCUT2D eigenvalue weighted by molar-refractivity contribution is -0.235. The molecular formula is C30H27F6N4O4+. The van der Waals surface area contributed by atoms with Gasteiger partial charge in [0.25, 0.3) is 5.91 Å². The van der Waals surface area contributed by atoms with Crippen LogP contribution in [0.2, 0.25) is 0 Å². The van der Waals surface area contributed by atoms with E-state index in [-0.39, 0.29) is 35.8 Å². The fourth-order valence-corrected chi connectivity index (χ4v) is 5.62. The molecule has 1 unspecified atom stereocenters. The summed E-state index contributed by atoms with van der Waals surface area (Å²) in [5, 5.41) is 0. The number of nitrogens with zero attached hydrogens (tertiary/aromatic N) is 4. The van der Waals surface area contributed by atoms with Crippen LogP contribution in [0.3, 0.4) is 0 Å². The maximum Gasteiger partial charge on any atom is 0.497 e. The summed E-state index contributed by atoms with van der Waals surface area (Å²) in [5.74, 6) is -4.71. The number of quaternary nitrogens is 1. The van der Waals surface area contributed by atoms with Crippen LogP contribution in [0.5, 0.6) is 0 Å². The van der Waals surface area contributed by atoms with Gasteiger partial charge in [-0.05, 0) is 53.9 Å². The Morgan fingerprint density at radius 2 is 1.52 bits per heavy atom. The number of para-hydroxylation sites is 1. The van der Waals surface area contributed by atoms with Crippen molar-refractivity contribution in [3.63, 3.8) is 0 Å². The van der Waals surface area contributed by atoms with Crippen LogP contribution in [0.15, 0.2) is 73.1 Å². The molecule has 0 bridgehead atoms. The van der Waals surface area contributed by atoms with E-state index in [0.717, 1.165) is 34.9 Å². The summed E-state index contributed by atoms with van der Waals surface area (Å²) >= 11 is 0. The Bertz CT molecular complexity index is 1520. The van der Waals surface area contributed by atoms with Gasteiger partial charge in [-0.15, -0.1) is 0 Å². The second-order valence-electron chi connectivity index (χ2n) is 10.7. The minimum Gasteiger partial charge on any atom is -0.371 e. The molecule has 2 aliphatic heterocycles. The molecule has 2 aromatic carbocycles. The highest BCUT2D eigenvalue weighted by Gasteiger charge is 2.56. The van der Waals surface area contributed by atoms with E-state index in [2.05, 4.69) is 9.88 Å². The summed E-state index contributed by atoms with van der Waals surface area (Å²) in [6.45, 7) is -0.266. The zero-order chi connectivity index (χ0) is 31.7. The summed E-state index contributed by atoms with van der Waals surface area (Å²) in [5.41, 5.74) is 0.0202. The topological polar surface area (TPSA) is 79.8 Å². The van der Waals surface area contributed by atoms with E-state index >= 15 is 0 Å². The summed E-state index contributed by atoms with van der Waals surface area (Å²) in [6, 6.07) is 13.0. The molecular weight excluding hydrogens is 594 g/mol. The van der Waals surface area contributed by atoms with E-state index in [0.29, 0.717) is 25.9 Å². The molecule has 1 atom stereocenters. The highest BCUT2D eigenvalue weighted by Crippen LogP contribution is 2.38. The smallest absolute Gasteiger partial charge is 0.371 e. The molecule has 1 fully saturated rings. The average Bonchev–Trinajstić information content (AvgIpc) is 3.11. The molecule has 8 nitrogen and oxygen atoms in total. The van der Waals surface area contributed by atoms with Crippen molar-refractivity contribution in [3.05, 3.63) is 89.7 Å². The summed E-state index contributed by atoms with van der Waals surface area (Å²) in [6.07, 6.45) is -5.82. The monoisotopic (exact) mass is 621 g/mol. The molecule has 0 spiro atoms. The Morgan fingerprint density at radius 3 is 2.14 bits per heavy atom. The van der Waals surface area contributed by atoms with Gasteiger partial charge in [0.2, 0.25) is 0 Å². The van der Waals surface area contributed by atoms with Gasteiger partial charge in [-0.3, -0.25) is 14.6 Å². The molecule has 3 aromatic rings. The molecule has 14 heteroatoms. The third kappa shape index (κ3) is 6.39. The van der Waals surface area contributed by atoms with E-state index < -0.39 is 46.9 Å². The van der Waals surface area contributed by atoms with Crippen LogP contribution in [-0.2, 0) is 27.1 Å². The average molecular weight is 622 g/mol. The zero-order valence-corrected chi connectivity index (χ0v) is 23.1. The largest absolute Gasteiger partial charge is 0.497 e. The lowest BCUT2D eigenvalue weighted by atomic mass is 9.95. The number of halogens is 6. The van der Waals surface area contributed by atoms with Crippen LogP contribution in [0.1, 0.15) is 34.3 Å². The number of piperidine rings is 1. The highest BCUT2D eigenvalue weighted by molar-refractivity contribution is 6.00. The van der Waals surface area contributed by atoms with E-state index in [1.165, 1.54) is 18.2 Å². The molecule has 2 aliphatic rings. The maximum atomic E-state index is 14.0. The van der Waals surface area contributed by atoms with Crippen LogP contribution in [-0.4, -0.2) is 60.0 Å². The van der Waals surface area contributed by atoms with Crippen molar-refractivity contribution < 1.29 is 45.6 Å². The van der Waals surface area contributed by atoms with Gasteiger partial charge in [-0.2, -0.15) is 26.3 Å². The number of aromatic nitrogens is 1. The molecule has 0 aliphatic carbocycles. The Balaban J connectivity index is 1.47. The first-order chi connectivity index (χ1) is 20.8. The lowest BCUT2D eigenvalue weighted by Gasteiger charge is -2.38. The van der Waals surface area contributed by atoms with Crippen molar-refractivity contribution in [2.45, 2.75) is 31.7 Å². The van der Waals surface area contributed by atoms with Crippen LogP contribution in [0.4, 0.5) is 37.7 Å². The van der Waals surface area contributed by atoms with E-state index in [4.69, 9.17) is 4.84 Å². The first kappa shape index (κ1) is 31.0. The number of amides is 2. The predicted octanol–water partition coefficient (Wildman–Crippen LogP) is 5.53. The molecule has 1 saturated heterocycles. The van der Waals surface area contributed by atoms with E-state index in [1.807, 2.05) is 12.1 Å². The van der Waals surface area contributed by atoms with Gasteiger partial charge < -0.3 is 9.80 Å². The minimum absolute atomic E-state index is 0.0191. The first-order valence-corrected chi connectivity index (χ1v) is 13.7. The summed E-state index contributed by atoms with van der Waals surface area (Å²) in [7, 11) is 0. The van der Waals surface area contributed by atoms with Gasteiger partial charge in [0.05, 0.1) is 12.1 Å². The van der Waals surface area contributed by atoms with Gasteiger partial charge in [-0.1, -0.05) is 18.2 Å². The Labute approximate surface area is 248 Å². The number of rotatable bonds is 5. The third-order valence-electron chi connectivity index (χ3n) is 7.85. The number of anilines is 1. The fraction of sp³-hybridized carbons (Fsp3) is 0.333. The zero-order valence-electron chi connectivity index (χ0n) is 23.1. The molecule has 0 N–H and O–H groups in total. The van der Waals surface area contributed by atoms with Crippen molar-refractivity contribution in [3.8, 4) is 0 Å². The molecule has 44 heavy (non-hydrogen) atoms. The molecule has 5 rings (SSSR count). The number of alkyl halides is 6. The normalized spacial score (nSPS) is 19.7. The lowest BCUT2D eigenvalue weighted by Crippen LogP contribution is -2.61. The second kappa shape index (κ2) is 11.9. The molecule has 1 aromatic heterocycles. The number of hydroxylamine groups is 2. The maximum absolute atomic E-state index is 14.0. The Hall–Kier alpha value is -4.46. The van der Waals surface area contributed by atoms with Crippen LogP contribution >= 0.6 is 0 Å². The van der Waals surface area contributed by atoms with Crippen molar-refractivity contribution in [2.75, 3.05) is 31.1 Å². The standard InChI is InChI=1S/C30H27F6N4O4/c31-29(32,33)23-7-5-21(6-8-23)27(42)39-17-22-3-1-2-4-25(22)40(26(41)18-39,44-28(43)30(34,35)36)19-20-11-15-38(16-12-20)24-9-13-37-14-10-24/h1-10,13-14,20H,11-12,15-19H2/q+1. The van der Waals surface area contributed by atoms with Crippen molar-refractivity contribution >= 4 is 29.2 Å². The number of hydrogen-bond acceptors (Lipinski definition) is 6. The number of pyridine rings is 1. The van der Waals surface area contributed by atoms with Crippen LogP contribution < -0.4 is 9.55 Å². The molecule has 0 radical (unpaired) electrons. The number of hydrogen-bond donors (Lipinski definition) is 0. The minimum atomic E-state index is -5.41. The third-order valence-corrected chi connectivity index (χ3v) is 7.85. The van der Waals surface area contributed by atoms with Crippen molar-refractivity contribution in [1.29, 1.82) is 0 Å². The summed E-state index contributed by atoms with van der Waals surface area (Å²) < 4.78 is 78.5. The fourth-order valence-electron chi connectivity index (χ4n) is 5.62. The quantitative estimate of drug-likeness (QED) is 0.276. The van der Waals surface area contributed by atoms with Crippen LogP contribution in [0.25, 0.3) is 0 Å². The molecule has 2 amide bonds. The summed E-state index contributed by atoms with van der Waals surface area (Å²) in [4.78, 5) is 52.0. The SMILES string of the molecule is O=C(c1ccc(C(F)(F)F)cc1)N1CC(=O)[N+](CC2CCN(c3ccncc3)CC2)(OC(=O)C(F)(F)F)c2ccccc2C1. The molecule has 232 valence electrons. The van der Waals surface area contributed by atoms with Crippen molar-refractivity contribution in [2.24, 2.45) is 5.92 Å². The highest BCUT2D eigenvalue weighted by atomic mass is 19.4. The van der Waals surface area contributed by atoms with E-state index in [9.17, 15) is 40.7 Å². The first-order valence-electron chi connectivity index (χ1n) is 13.7. The molecule has 0 saturated carbocycles. The number of fused-ring (bicyclic) bond motifs is 1. The van der Waals surface area contributed by atoms with Crippen molar-refractivity contribution in [1.82, 2.24) is 14.5 Å². The van der Waals surface area contributed by atoms with Crippen LogP contribution in [0, 0.1) is 5.92 Å². The van der Waals surface area contributed by atoms with E-state index in [1.54, 1.807) is 18.5 Å². The second-order valence-corrected chi connectivity index (χ2v) is 10.7. The Morgan fingerprint density at radius 1 is 0.886 bits per heavy atom.